The highest BCUT2D eigenvalue weighted by molar-refractivity contribution is 5.96. The molecular formula is C16H23NO3. The van der Waals surface area contributed by atoms with Gasteiger partial charge in [-0.1, -0.05) is 0 Å². The summed E-state index contributed by atoms with van der Waals surface area (Å²) in [5, 5.41) is 2.97. The number of hydrogen-bond acceptors (Lipinski definition) is 3. The van der Waals surface area contributed by atoms with E-state index in [1.807, 2.05) is 26.8 Å². The monoisotopic (exact) mass is 277 g/mol. The molecule has 1 fully saturated rings. The van der Waals surface area contributed by atoms with E-state index in [2.05, 4.69) is 5.32 Å². The van der Waals surface area contributed by atoms with Gasteiger partial charge in [0.2, 0.25) is 0 Å². The van der Waals surface area contributed by atoms with Crippen molar-refractivity contribution < 1.29 is 14.3 Å². The first-order valence-corrected chi connectivity index (χ1v) is 7.09. The lowest BCUT2D eigenvalue weighted by Gasteiger charge is -2.16. The average Bonchev–Trinajstić information content (AvgIpc) is 2.94. The second-order valence-electron chi connectivity index (χ2n) is 5.37. The Bertz CT molecular complexity index is 505. The average molecular weight is 277 g/mol. The molecule has 1 atom stereocenters. The first kappa shape index (κ1) is 14.9. The van der Waals surface area contributed by atoms with Crippen molar-refractivity contribution in [3.8, 4) is 5.75 Å². The molecule has 0 saturated carbocycles. The maximum Gasteiger partial charge on any atom is 0.251 e. The standard InChI is InChI=1S/C16H23NO3/c1-10-8-14(11(2)12(3)15(10)19-4)16(18)17-9-13-6-5-7-20-13/h8,13H,5-7,9H2,1-4H3,(H,17,18). The number of nitrogens with one attached hydrogen (secondary N) is 1. The molecule has 0 bridgehead atoms. The van der Waals surface area contributed by atoms with Crippen molar-refractivity contribution >= 4 is 5.91 Å². The maximum atomic E-state index is 12.3. The van der Waals surface area contributed by atoms with Crippen LogP contribution in [0.25, 0.3) is 0 Å². The first-order valence-electron chi connectivity index (χ1n) is 7.09. The van der Waals surface area contributed by atoms with Crippen molar-refractivity contribution in [3.63, 3.8) is 0 Å². The molecule has 2 rings (SSSR count). The highest BCUT2D eigenvalue weighted by Crippen LogP contribution is 2.28. The third-order valence-electron chi connectivity index (χ3n) is 3.99. The number of carbonyl (C=O) groups excluding carboxylic acids is 1. The zero-order valence-corrected chi connectivity index (χ0v) is 12.7. The van der Waals surface area contributed by atoms with Crippen molar-refractivity contribution in [1.29, 1.82) is 0 Å². The lowest BCUT2D eigenvalue weighted by atomic mass is 9.98. The summed E-state index contributed by atoms with van der Waals surface area (Å²) in [6, 6.07) is 1.89. The van der Waals surface area contributed by atoms with Crippen molar-refractivity contribution in [1.82, 2.24) is 5.32 Å². The molecule has 1 aliphatic rings. The van der Waals surface area contributed by atoms with Crippen LogP contribution in [0.5, 0.6) is 5.75 Å². The van der Waals surface area contributed by atoms with Gasteiger partial charge in [-0.3, -0.25) is 4.79 Å². The van der Waals surface area contributed by atoms with Gasteiger partial charge in [0, 0.05) is 18.7 Å². The van der Waals surface area contributed by atoms with Crippen LogP contribution in [0.4, 0.5) is 0 Å². The topological polar surface area (TPSA) is 47.6 Å². The van der Waals surface area contributed by atoms with Crippen LogP contribution in [-0.2, 0) is 4.74 Å². The van der Waals surface area contributed by atoms with Crippen LogP contribution in [0.3, 0.4) is 0 Å². The summed E-state index contributed by atoms with van der Waals surface area (Å²) in [6.07, 6.45) is 2.28. The molecule has 0 aromatic heterocycles. The number of methoxy groups -OCH3 is 1. The highest BCUT2D eigenvalue weighted by atomic mass is 16.5. The summed E-state index contributed by atoms with van der Waals surface area (Å²) >= 11 is 0. The van der Waals surface area contributed by atoms with E-state index in [0.717, 1.165) is 47.5 Å². The Kier molecular flexibility index (Phi) is 4.65. The van der Waals surface area contributed by atoms with E-state index in [9.17, 15) is 4.79 Å². The molecule has 0 spiro atoms. The maximum absolute atomic E-state index is 12.3. The van der Waals surface area contributed by atoms with E-state index in [4.69, 9.17) is 9.47 Å². The molecule has 1 aliphatic heterocycles. The van der Waals surface area contributed by atoms with E-state index < -0.39 is 0 Å². The second kappa shape index (κ2) is 6.27. The van der Waals surface area contributed by atoms with Gasteiger partial charge in [-0.2, -0.15) is 0 Å². The Labute approximate surface area is 120 Å². The normalized spacial score (nSPS) is 18.1. The summed E-state index contributed by atoms with van der Waals surface area (Å²) < 4.78 is 10.9. The molecular weight excluding hydrogens is 254 g/mol. The summed E-state index contributed by atoms with van der Waals surface area (Å²) in [7, 11) is 1.66. The Balaban J connectivity index is 2.13. The van der Waals surface area contributed by atoms with Gasteiger partial charge in [0.25, 0.3) is 5.91 Å². The summed E-state index contributed by atoms with van der Waals surface area (Å²) in [5.74, 6) is 0.824. The Morgan fingerprint density at radius 2 is 2.15 bits per heavy atom. The molecule has 1 unspecified atom stereocenters. The molecule has 110 valence electrons. The second-order valence-corrected chi connectivity index (χ2v) is 5.37. The van der Waals surface area contributed by atoms with Crippen LogP contribution < -0.4 is 10.1 Å². The van der Waals surface area contributed by atoms with Crippen LogP contribution in [0.2, 0.25) is 0 Å². The van der Waals surface area contributed by atoms with Crippen LogP contribution in [-0.4, -0.2) is 32.3 Å². The SMILES string of the molecule is COc1c(C)cc(C(=O)NCC2CCCO2)c(C)c1C. The van der Waals surface area contributed by atoms with Gasteiger partial charge in [0.1, 0.15) is 5.75 Å². The number of ether oxygens (including phenoxy) is 2. The lowest BCUT2D eigenvalue weighted by molar-refractivity contribution is 0.0857. The molecule has 1 aromatic carbocycles. The summed E-state index contributed by atoms with van der Waals surface area (Å²) in [6.45, 7) is 7.29. The molecule has 4 heteroatoms. The minimum Gasteiger partial charge on any atom is -0.496 e. The van der Waals surface area contributed by atoms with Gasteiger partial charge in [-0.25, -0.2) is 0 Å². The van der Waals surface area contributed by atoms with E-state index in [1.165, 1.54) is 0 Å². The summed E-state index contributed by atoms with van der Waals surface area (Å²) in [4.78, 5) is 12.3. The van der Waals surface area contributed by atoms with Gasteiger partial charge in [0.05, 0.1) is 13.2 Å². The zero-order chi connectivity index (χ0) is 14.7. The van der Waals surface area contributed by atoms with Crippen LogP contribution in [0.1, 0.15) is 39.9 Å². The van der Waals surface area contributed by atoms with Gasteiger partial charge in [-0.15, -0.1) is 0 Å². The van der Waals surface area contributed by atoms with Crippen molar-refractivity contribution in [3.05, 3.63) is 28.3 Å². The Hall–Kier alpha value is -1.55. The molecule has 1 heterocycles. The van der Waals surface area contributed by atoms with Gasteiger partial charge in [-0.05, 0) is 56.4 Å². The molecule has 1 saturated heterocycles. The lowest BCUT2D eigenvalue weighted by Crippen LogP contribution is -2.32. The number of aryl methyl sites for hydroxylation is 1. The fourth-order valence-corrected chi connectivity index (χ4v) is 2.72. The van der Waals surface area contributed by atoms with E-state index in [1.54, 1.807) is 7.11 Å². The largest absolute Gasteiger partial charge is 0.496 e. The smallest absolute Gasteiger partial charge is 0.251 e. The van der Waals surface area contributed by atoms with Crippen LogP contribution >= 0.6 is 0 Å². The number of carbonyl (C=O) groups is 1. The Morgan fingerprint density at radius 1 is 1.40 bits per heavy atom. The Morgan fingerprint density at radius 3 is 2.75 bits per heavy atom. The van der Waals surface area contributed by atoms with Gasteiger partial charge < -0.3 is 14.8 Å². The summed E-state index contributed by atoms with van der Waals surface area (Å²) in [5.41, 5.74) is 3.70. The third kappa shape index (κ3) is 2.96. The van der Waals surface area contributed by atoms with Gasteiger partial charge >= 0.3 is 0 Å². The van der Waals surface area contributed by atoms with Gasteiger partial charge in [0.15, 0.2) is 0 Å². The zero-order valence-electron chi connectivity index (χ0n) is 12.7. The van der Waals surface area contributed by atoms with E-state index in [0.29, 0.717) is 6.54 Å². The predicted octanol–water partition coefficient (Wildman–Crippen LogP) is 2.53. The number of hydrogen-bond donors (Lipinski definition) is 1. The van der Waals surface area contributed by atoms with E-state index in [-0.39, 0.29) is 12.0 Å². The molecule has 4 nitrogen and oxygen atoms in total. The fourth-order valence-electron chi connectivity index (χ4n) is 2.72. The number of rotatable bonds is 4. The minimum absolute atomic E-state index is 0.0353. The molecule has 1 aromatic rings. The number of benzene rings is 1. The van der Waals surface area contributed by atoms with Crippen LogP contribution in [0.15, 0.2) is 6.07 Å². The minimum atomic E-state index is -0.0353. The number of amides is 1. The van der Waals surface area contributed by atoms with Crippen molar-refractivity contribution in [2.24, 2.45) is 0 Å². The molecule has 0 radical (unpaired) electrons. The van der Waals surface area contributed by atoms with Crippen LogP contribution in [0, 0.1) is 20.8 Å². The first-order chi connectivity index (χ1) is 9.54. The molecule has 0 aliphatic carbocycles. The predicted molar refractivity (Wildman–Crippen MR) is 78.5 cm³/mol. The quantitative estimate of drug-likeness (QED) is 0.920. The highest BCUT2D eigenvalue weighted by Gasteiger charge is 2.19. The van der Waals surface area contributed by atoms with E-state index >= 15 is 0 Å². The third-order valence-corrected chi connectivity index (χ3v) is 3.99. The van der Waals surface area contributed by atoms with Crippen molar-refractivity contribution in [2.45, 2.75) is 39.7 Å². The molecule has 20 heavy (non-hydrogen) atoms. The molecule has 1 amide bonds. The van der Waals surface area contributed by atoms with Crippen molar-refractivity contribution in [2.75, 3.05) is 20.3 Å². The fraction of sp³-hybridized carbons (Fsp3) is 0.562. The molecule has 1 N–H and O–H groups in total.